The molecule has 0 spiro atoms. The third-order valence-electron chi connectivity index (χ3n) is 1.12. The fourth-order valence-corrected chi connectivity index (χ4v) is 0.444. The summed E-state index contributed by atoms with van der Waals surface area (Å²) in [7, 11) is 3.85. The largest absolute Gasteiger partial charge is 0.461 e. The number of ether oxygens (including phenoxy) is 1. The van der Waals surface area contributed by atoms with Crippen molar-refractivity contribution in [1.82, 2.24) is 4.90 Å². The zero-order valence-corrected chi connectivity index (χ0v) is 12.3. The second kappa shape index (κ2) is 16.7. The number of carbonyl (C=O) groups excluding carboxylic acids is 1. The molecule has 96 valence electrons. The van der Waals surface area contributed by atoms with Crippen LogP contribution in [0, 0.1) is 0 Å². The van der Waals surface area contributed by atoms with Gasteiger partial charge in [-0.05, 0) is 21.0 Å². The number of nitrogens with zero attached hydrogens (tertiary/aromatic N) is 1. The lowest BCUT2D eigenvalue weighted by molar-refractivity contribution is -0.139. The van der Waals surface area contributed by atoms with Crippen molar-refractivity contribution in [2.75, 3.05) is 27.2 Å². The number of esters is 1. The summed E-state index contributed by atoms with van der Waals surface area (Å²) in [6.07, 6.45) is 0. The number of hydrogen-bond donors (Lipinski definition) is 0. The van der Waals surface area contributed by atoms with Crippen LogP contribution in [0.4, 0.5) is 0 Å². The van der Waals surface area contributed by atoms with E-state index in [0.717, 1.165) is 6.54 Å². The minimum absolute atomic E-state index is 0. The van der Waals surface area contributed by atoms with Crippen LogP contribution in [0.2, 0.25) is 0 Å². The van der Waals surface area contributed by atoms with Crippen molar-refractivity contribution in [3.8, 4) is 0 Å². The first-order chi connectivity index (χ1) is 5.04. The molecule has 0 aromatic carbocycles. The highest BCUT2D eigenvalue weighted by Crippen LogP contribution is 1.91. The molecule has 0 bridgehead atoms. The highest BCUT2D eigenvalue weighted by Gasteiger charge is 2.01. The molecule has 0 heterocycles. The first-order valence-corrected chi connectivity index (χ1v) is 3.51. The lowest BCUT2D eigenvalue weighted by atomic mass is 10.4. The number of carbonyl (C=O) groups is 1. The molecule has 0 rings (SSSR count). The summed E-state index contributed by atoms with van der Waals surface area (Å²) in [5, 5.41) is 0. The zero-order valence-electron chi connectivity index (χ0n) is 9.02. The molecule has 0 aliphatic heterocycles. The fraction of sp³-hybridized carbons (Fsp3) is 0.625. The minimum Gasteiger partial charge on any atom is -0.461 e. The summed E-state index contributed by atoms with van der Waals surface area (Å²) in [5.74, 6) is -0.313. The summed E-state index contributed by atoms with van der Waals surface area (Å²) in [6, 6.07) is 0. The zero-order chi connectivity index (χ0) is 8.85. The van der Waals surface area contributed by atoms with E-state index in [1.807, 2.05) is 19.0 Å². The van der Waals surface area contributed by atoms with Crippen molar-refractivity contribution in [3.05, 3.63) is 12.2 Å². The smallest absolute Gasteiger partial charge is 0.333 e. The van der Waals surface area contributed by atoms with Gasteiger partial charge in [-0.25, -0.2) is 4.79 Å². The van der Waals surface area contributed by atoms with Crippen LogP contribution in [0.5, 0.6) is 0 Å². The maximum absolute atomic E-state index is 10.8. The van der Waals surface area contributed by atoms with Gasteiger partial charge in [0.2, 0.25) is 0 Å². The Morgan fingerprint density at radius 2 is 1.60 bits per heavy atom. The van der Waals surface area contributed by atoms with Gasteiger partial charge in [-0.1, -0.05) is 6.58 Å². The molecule has 7 heteroatoms. The van der Waals surface area contributed by atoms with Crippen LogP contribution in [0.25, 0.3) is 0 Å². The predicted molar refractivity (Wildman–Crippen MR) is 73.3 cm³/mol. The molecule has 0 unspecified atom stereocenters. The van der Waals surface area contributed by atoms with E-state index in [1.165, 1.54) is 0 Å². The molecule has 15 heavy (non-hydrogen) atoms. The Bertz CT molecular complexity index is 165. The number of hydrogen-bond acceptors (Lipinski definition) is 3. The van der Waals surface area contributed by atoms with Gasteiger partial charge < -0.3 is 9.64 Å². The summed E-state index contributed by atoms with van der Waals surface area (Å²) < 4.78 is 4.83. The molecule has 0 amide bonds. The normalized spacial score (nSPS) is 7.20. The average molecular weight is 303 g/mol. The van der Waals surface area contributed by atoms with Gasteiger partial charge in [0.1, 0.15) is 6.61 Å². The molecule has 0 radical (unpaired) electrons. The van der Waals surface area contributed by atoms with Crippen LogP contribution in [0.15, 0.2) is 12.2 Å². The van der Waals surface area contributed by atoms with Gasteiger partial charge in [0.05, 0.1) is 0 Å². The Hall–Kier alpha value is 0.330. The van der Waals surface area contributed by atoms with E-state index >= 15 is 0 Å². The van der Waals surface area contributed by atoms with E-state index in [0.29, 0.717) is 12.2 Å². The van der Waals surface area contributed by atoms with E-state index in [9.17, 15) is 4.79 Å². The van der Waals surface area contributed by atoms with Crippen molar-refractivity contribution < 1.29 is 9.53 Å². The van der Waals surface area contributed by atoms with E-state index in [-0.39, 0.29) is 55.6 Å². The Labute approximate surface area is 116 Å². The maximum Gasteiger partial charge on any atom is 0.333 e. The van der Waals surface area contributed by atoms with Crippen molar-refractivity contribution >= 4 is 55.6 Å². The minimum atomic E-state index is -0.313. The van der Waals surface area contributed by atoms with Gasteiger partial charge in [0.25, 0.3) is 0 Å². The second-order valence-corrected chi connectivity index (χ2v) is 2.72. The van der Waals surface area contributed by atoms with E-state index in [2.05, 4.69) is 6.58 Å². The number of halogens is 4. The SMILES string of the molecule is C=C(C)C(=O)OCCN(C)C.Cl.Cl.Cl.Cl. The summed E-state index contributed by atoms with van der Waals surface area (Å²) in [5.41, 5.74) is 0.448. The molecule has 0 aliphatic carbocycles. The van der Waals surface area contributed by atoms with Crippen molar-refractivity contribution in [2.45, 2.75) is 6.92 Å². The first-order valence-electron chi connectivity index (χ1n) is 3.51. The molecule has 0 fully saturated rings. The van der Waals surface area contributed by atoms with Crippen LogP contribution in [-0.2, 0) is 9.53 Å². The third kappa shape index (κ3) is 20.4. The van der Waals surface area contributed by atoms with Gasteiger partial charge in [-0.3, -0.25) is 0 Å². The summed E-state index contributed by atoms with van der Waals surface area (Å²) >= 11 is 0. The van der Waals surface area contributed by atoms with Gasteiger partial charge >= 0.3 is 5.97 Å². The molecule has 0 saturated heterocycles. The van der Waals surface area contributed by atoms with Gasteiger partial charge in [-0.2, -0.15) is 0 Å². The first kappa shape index (κ1) is 29.5. The monoisotopic (exact) mass is 301 g/mol. The standard InChI is InChI=1S/C8H15NO2.4ClH/c1-7(2)8(10)11-6-5-9(3)4;;;;/h1,5-6H2,2-4H3;4*1H. The average Bonchev–Trinajstić information content (AvgIpc) is 1.86. The van der Waals surface area contributed by atoms with Crippen LogP contribution in [0.1, 0.15) is 6.92 Å². The van der Waals surface area contributed by atoms with E-state index < -0.39 is 0 Å². The van der Waals surface area contributed by atoms with Crippen molar-refractivity contribution in [1.29, 1.82) is 0 Å². The van der Waals surface area contributed by atoms with E-state index in [4.69, 9.17) is 4.74 Å². The Kier molecular flexibility index (Phi) is 32.9. The van der Waals surface area contributed by atoms with Crippen LogP contribution in [0.3, 0.4) is 0 Å². The molecule has 0 saturated carbocycles. The van der Waals surface area contributed by atoms with Crippen molar-refractivity contribution in [2.24, 2.45) is 0 Å². The van der Waals surface area contributed by atoms with Crippen molar-refractivity contribution in [3.63, 3.8) is 0 Å². The fourth-order valence-electron chi connectivity index (χ4n) is 0.444. The molecule has 0 aliphatic rings. The van der Waals surface area contributed by atoms with E-state index in [1.54, 1.807) is 6.92 Å². The molecular weight excluding hydrogens is 284 g/mol. The van der Waals surface area contributed by atoms with Crippen LogP contribution >= 0.6 is 49.6 Å². The highest BCUT2D eigenvalue weighted by molar-refractivity contribution is 5.87. The molecule has 0 aromatic heterocycles. The second-order valence-electron chi connectivity index (χ2n) is 2.72. The Balaban J connectivity index is -0.0000000833. The molecular formula is C8H19Cl4NO2. The molecule has 0 atom stereocenters. The molecule has 3 nitrogen and oxygen atoms in total. The number of rotatable bonds is 4. The Morgan fingerprint density at radius 3 is 1.87 bits per heavy atom. The highest BCUT2D eigenvalue weighted by atomic mass is 35.5. The maximum atomic E-state index is 10.8. The van der Waals surface area contributed by atoms with Gasteiger partial charge in [0, 0.05) is 12.1 Å². The molecule has 0 N–H and O–H groups in total. The van der Waals surface area contributed by atoms with Gasteiger partial charge in [0.15, 0.2) is 0 Å². The van der Waals surface area contributed by atoms with Crippen LogP contribution in [-0.4, -0.2) is 38.1 Å². The van der Waals surface area contributed by atoms with Gasteiger partial charge in [-0.15, -0.1) is 49.6 Å². The predicted octanol–water partition coefficient (Wildman–Crippen LogP) is 2.35. The number of likely N-dealkylation sites (N-methyl/N-ethyl adjacent to an activating group) is 1. The summed E-state index contributed by atoms with van der Waals surface area (Å²) in [6.45, 7) is 6.28. The lowest BCUT2D eigenvalue weighted by Crippen LogP contribution is -2.20. The Morgan fingerprint density at radius 1 is 1.20 bits per heavy atom. The lowest BCUT2D eigenvalue weighted by Gasteiger charge is -2.09. The topological polar surface area (TPSA) is 29.5 Å². The van der Waals surface area contributed by atoms with Crippen LogP contribution < -0.4 is 0 Å². The molecule has 0 aromatic rings. The quantitative estimate of drug-likeness (QED) is 0.590. The third-order valence-corrected chi connectivity index (χ3v) is 1.12. The summed E-state index contributed by atoms with van der Waals surface area (Å²) in [4.78, 5) is 12.7.